The third-order valence-corrected chi connectivity index (χ3v) is 2.54. The van der Waals surface area contributed by atoms with Crippen molar-refractivity contribution in [2.75, 3.05) is 0 Å². The Morgan fingerprint density at radius 2 is 2.00 bits per heavy atom. The minimum atomic E-state index is -0.226. The largest absolute Gasteiger partial charge is 0.486 e. The number of hydrogen-bond donors (Lipinski definition) is 0. The molecule has 1 heterocycles. The van der Waals surface area contributed by atoms with Crippen LogP contribution in [0.4, 0.5) is 0 Å². The van der Waals surface area contributed by atoms with Crippen LogP contribution in [0, 0.1) is 0 Å². The van der Waals surface area contributed by atoms with E-state index in [0.717, 1.165) is 36.3 Å². The molecule has 0 unspecified atom stereocenters. The van der Waals surface area contributed by atoms with E-state index in [9.17, 15) is 0 Å². The highest BCUT2D eigenvalue weighted by molar-refractivity contribution is 5.44. The van der Waals surface area contributed by atoms with Gasteiger partial charge in [0.25, 0.3) is 0 Å². The van der Waals surface area contributed by atoms with Gasteiger partial charge in [0.1, 0.15) is 5.60 Å². The number of pyridine rings is 1. The topological polar surface area (TPSA) is 31.4 Å². The lowest BCUT2D eigenvalue weighted by molar-refractivity contribution is 0.121. The molecule has 94 valence electrons. The zero-order chi connectivity index (χ0) is 12.5. The summed E-state index contributed by atoms with van der Waals surface area (Å²) in [5.74, 6) is 1.66. The fourth-order valence-corrected chi connectivity index (χ4v) is 1.61. The fourth-order valence-electron chi connectivity index (χ4n) is 1.61. The summed E-state index contributed by atoms with van der Waals surface area (Å²) < 4.78 is 11.9. The monoisotopic (exact) mass is 235 g/mol. The predicted octanol–water partition coefficient (Wildman–Crippen LogP) is 3.36. The Morgan fingerprint density at radius 1 is 1.29 bits per heavy atom. The van der Waals surface area contributed by atoms with Crippen molar-refractivity contribution in [2.24, 2.45) is 0 Å². The van der Waals surface area contributed by atoms with Crippen molar-refractivity contribution in [2.45, 2.75) is 58.7 Å². The number of rotatable bonds is 4. The molecule has 1 aliphatic rings. The van der Waals surface area contributed by atoms with Gasteiger partial charge in [-0.05, 0) is 40.0 Å². The van der Waals surface area contributed by atoms with Crippen LogP contribution < -0.4 is 9.47 Å². The van der Waals surface area contributed by atoms with Crippen LogP contribution in [0.5, 0.6) is 11.5 Å². The molecule has 0 saturated heterocycles. The van der Waals surface area contributed by atoms with Crippen LogP contribution in [0.1, 0.15) is 46.1 Å². The van der Waals surface area contributed by atoms with E-state index in [4.69, 9.17) is 9.47 Å². The molecule has 0 atom stereocenters. The van der Waals surface area contributed by atoms with Crippen LogP contribution in [-0.4, -0.2) is 16.7 Å². The quantitative estimate of drug-likeness (QED) is 0.802. The standard InChI is InChI=1S/C14H21NO2/c1-5-10-8-15-9-12(17-14(2,3)4)13(10)16-11-6-7-11/h8-9,11H,5-7H2,1-4H3. The minimum absolute atomic E-state index is 0.226. The van der Waals surface area contributed by atoms with Crippen molar-refractivity contribution in [3.8, 4) is 11.5 Å². The lowest BCUT2D eigenvalue weighted by Gasteiger charge is -2.23. The smallest absolute Gasteiger partial charge is 0.180 e. The molecule has 0 N–H and O–H groups in total. The maximum absolute atomic E-state index is 5.96. The summed E-state index contributed by atoms with van der Waals surface area (Å²) in [6.07, 6.45) is 7.22. The van der Waals surface area contributed by atoms with Gasteiger partial charge in [-0.25, -0.2) is 0 Å². The molecule has 17 heavy (non-hydrogen) atoms. The molecule has 3 nitrogen and oxygen atoms in total. The van der Waals surface area contributed by atoms with Crippen molar-refractivity contribution in [3.63, 3.8) is 0 Å². The maximum Gasteiger partial charge on any atom is 0.180 e. The second-order valence-corrected chi connectivity index (χ2v) is 5.51. The van der Waals surface area contributed by atoms with Crippen LogP contribution in [0.3, 0.4) is 0 Å². The van der Waals surface area contributed by atoms with E-state index in [1.54, 1.807) is 6.20 Å². The first-order valence-corrected chi connectivity index (χ1v) is 6.32. The summed E-state index contributed by atoms with van der Waals surface area (Å²) >= 11 is 0. The van der Waals surface area contributed by atoms with Gasteiger partial charge in [-0.15, -0.1) is 0 Å². The summed E-state index contributed by atoms with van der Waals surface area (Å²) in [7, 11) is 0. The Morgan fingerprint density at radius 3 is 2.53 bits per heavy atom. The molecule has 1 saturated carbocycles. The molecule has 0 aliphatic heterocycles. The molecule has 0 radical (unpaired) electrons. The van der Waals surface area contributed by atoms with Gasteiger partial charge >= 0.3 is 0 Å². The normalized spacial score (nSPS) is 15.8. The van der Waals surface area contributed by atoms with E-state index in [-0.39, 0.29) is 5.60 Å². The molecular weight excluding hydrogens is 214 g/mol. The van der Waals surface area contributed by atoms with E-state index in [0.29, 0.717) is 6.10 Å². The molecule has 0 spiro atoms. The van der Waals surface area contributed by atoms with Crippen LogP contribution >= 0.6 is 0 Å². The number of aromatic nitrogens is 1. The first kappa shape index (κ1) is 12.2. The van der Waals surface area contributed by atoms with Gasteiger partial charge in [0, 0.05) is 11.8 Å². The summed E-state index contributed by atoms with van der Waals surface area (Å²) in [5.41, 5.74) is 0.897. The Labute approximate surface area is 103 Å². The van der Waals surface area contributed by atoms with E-state index in [1.165, 1.54) is 0 Å². The fraction of sp³-hybridized carbons (Fsp3) is 0.643. The zero-order valence-electron chi connectivity index (χ0n) is 11.1. The number of nitrogens with zero attached hydrogens (tertiary/aromatic N) is 1. The third kappa shape index (κ3) is 3.35. The number of hydrogen-bond acceptors (Lipinski definition) is 3. The van der Waals surface area contributed by atoms with E-state index < -0.39 is 0 Å². The molecule has 2 rings (SSSR count). The molecule has 1 aromatic heterocycles. The van der Waals surface area contributed by atoms with Crippen molar-refractivity contribution in [1.82, 2.24) is 4.98 Å². The van der Waals surface area contributed by atoms with Gasteiger partial charge in [0.15, 0.2) is 11.5 Å². The SMILES string of the molecule is CCc1cncc(OC(C)(C)C)c1OC1CC1. The van der Waals surface area contributed by atoms with E-state index in [1.807, 2.05) is 27.0 Å². The molecule has 1 fully saturated rings. The average Bonchev–Trinajstić information content (AvgIpc) is 3.02. The van der Waals surface area contributed by atoms with E-state index >= 15 is 0 Å². The van der Waals surface area contributed by atoms with Crippen molar-refractivity contribution in [3.05, 3.63) is 18.0 Å². The Hall–Kier alpha value is -1.25. The first-order chi connectivity index (χ1) is 7.99. The lowest BCUT2D eigenvalue weighted by Crippen LogP contribution is -2.23. The number of aryl methyl sites for hydroxylation is 1. The second kappa shape index (κ2) is 4.55. The first-order valence-electron chi connectivity index (χ1n) is 6.32. The second-order valence-electron chi connectivity index (χ2n) is 5.51. The van der Waals surface area contributed by atoms with Crippen LogP contribution in [-0.2, 0) is 6.42 Å². The summed E-state index contributed by atoms with van der Waals surface area (Å²) in [4.78, 5) is 4.22. The molecular formula is C14H21NO2. The average molecular weight is 235 g/mol. The van der Waals surface area contributed by atoms with Gasteiger partial charge in [-0.1, -0.05) is 6.92 Å². The lowest BCUT2D eigenvalue weighted by atomic mass is 10.1. The van der Waals surface area contributed by atoms with Gasteiger partial charge in [-0.3, -0.25) is 4.98 Å². The summed E-state index contributed by atoms with van der Waals surface area (Å²) in [6, 6.07) is 0. The molecule has 1 aromatic rings. The summed E-state index contributed by atoms with van der Waals surface area (Å²) in [5, 5.41) is 0. The Bertz CT molecular complexity index is 392. The predicted molar refractivity (Wildman–Crippen MR) is 67.6 cm³/mol. The summed E-state index contributed by atoms with van der Waals surface area (Å²) in [6.45, 7) is 8.21. The number of ether oxygens (including phenoxy) is 2. The van der Waals surface area contributed by atoms with E-state index in [2.05, 4.69) is 11.9 Å². The van der Waals surface area contributed by atoms with Gasteiger partial charge in [0.2, 0.25) is 0 Å². The van der Waals surface area contributed by atoms with Gasteiger partial charge < -0.3 is 9.47 Å². The molecule has 0 aromatic carbocycles. The minimum Gasteiger partial charge on any atom is -0.486 e. The van der Waals surface area contributed by atoms with Crippen LogP contribution in [0.2, 0.25) is 0 Å². The molecule has 1 aliphatic carbocycles. The highest BCUT2D eigenvalue weighted by atomic mass is 16.5. The van der Waals surface area contributed by atoms with Gasteiger partial charge in [0.05, 0.1) is 12.3 Å². The Kier molecular flexibility index (Phi) is 3.27. The third-order valence-electron chi connectivity index (χ3n) is 2.54. The highest BCUT2D eigenvalue weighted by Crippen LogP contribution is 2.37. The van der Waals surface area contributed by atoms with Crippen molar-refractivity contribution in [1.29, 1.82) is 0 Å². The molecule has 0 amide bonds. The van der Waals surface area contributed by atoms with Gasteiger partial charge in [-0.2, -0.15) is 0 Å². The highest BCUT2D eigenvalue weighted by Gasteiger charge is 2.27. The zero-order valence-corrected chi connectivity index (χ0v) is 11.1. The van der Waals surface area contributed by atoms with Crippen LogP contribution in [0.25, 0.3) is 0 Å². The Balaban J connectivity index is 2.28. The van der Waals surface area contributed by atoms with Crippen molar-refractivity contribution >= 4 is 0 Å². The maximum atomic E-state index is 5.96. The molecule has 0 bridgehead atoms. The van der Waals surface area contributed by atoms with Crippen molar-refractivity contribution < 1.29 is 9.47 Å². The molecule has 3 heteroatoms. The van der Waals surface area contributed by atoms with Crippen LogP contribution in [0.15, 0.2) is 12.4 Å².